The van der Waals surface area contributed by atoms with E-state index in [1.807, 2.05) is 24.3 Å². The lowest BCUT2D eigenvalue weighted by Gasteiger charge is -2.57. The number of carbonyl (C=O) groups excluding carboxylic acids is 2. The van der Waals surface area contributed by atoms with E-state index in [0.29, 0.717) is 6.42 Å². The Morgan fingerprint density at radius 1 is 1.25 bits per heavy atom. The van der Waals surface area contributed by atoms with Crippen molar-refractivity contribution < 1.29 is 14.7 Å². The molecule has 2 bridgehead atoms. The molecule has 0 radical (unpaired) electrons. The monoisotopic (exact) mass is 308 g/mol. The standard InChI is InChI=1S/C13H12N2O3S2/c1-14-10(17)12-6-8-4-2-3-5-9(8)15(12)11(18)13(14,7-16)20-19-12/h2-5,16H,6-7H2,1H3/t12-,13-/m0/s1. The summed E-state index contributed by atoms with van der Waals surface area (Å²) in [6.07, 6.45) is 0.525. The van der Waals surface area contributed by atoms with E-state index in [4.69, 9.17) is 0 Å². The first-order valence-electron chi connectivity index (χ1n) is 6.25. The lowest BCUT2D eigenvalue weighted by molar-refractivity contribution is -0.149. The van der Waals surface area contributed by atoms with Crippen LogP contribution in [0.1, 0.15) is 5.56 Å². The fourth-order valence-corrected chi connectivity index (χ4v) is 6.64. The number of carbonyl (C=O) groups is 2. The van der Waals surface area contributed by atoms with Crippen molar-refractivity contribution in [2.45, 2.75) is 16.2 Å². The number of benzene rings is 1. The molecule has 104 valence electrons. The molecule has 5 nitrogen and oxygen atoms in total. The smallest absolute Gasteiger partial charge is 0.268 e. The van der Waals surface area contributed by atoms with Crippen molar-refractivity contribution in [3.8, 4) is 0 Å². The molecule has 4 heterocycles. The van der Waals surface area contributed by atoms with Crippen molar-refractivity contribution in [3.63, 3.8) is 0 Å². The third-order valence-corrected chi connectivity index (χ3v) is 7.89. The van der Waals surface area contributed by atoms with Crippen LogP contribution < -0.4 is 4.90 Å². The summed E-state index contributed by atoms with van der Waals surface area (Å²) in [5, 5.41) is 9.71. The number of hydrogen-bond donors (Lipinski definition) is 1. The topological polar surface area (TPSA) is 60.9 Å². The van der Waals surface area contributed by atoms with E-state index >= 15 is 0 Å². The second kappa shape index (κ2) is 3.72. The van der Waals surface area contributed by atoms with E-state index in [0.717, 1.165) is 11.3 Å². The molecule has 4 aliphatic rings. The third-order valence-electron chi connectivity index (χ3n) is 4.27. The molecule has 0 saturated carbocycles. The van der Waals surface area contributed by atoms with Crippen LogP contribution >= 0.6 is 21.6 Å². The lowest BCUT2D eigenvalue weighted by Crippen LogP contribution is -2.77. The van der Waals surface area contributed by atoms with Crippen LogP contribution in [0.3, 0.4) is 0 Å². The van der Waals surface area contributed by atoms with Crippen molar-refractivity contribution in [2.24, 2.45) is 0 Å². The Balaban J connectivity index is 1.96. The molecule has 0 aliphatic carbocycles. The van der Waals surface area contributed by atoms with E-state index in [1.54, 1.807) is 11.9 Å². The molecule has 4 aliphatic heterocycles. The molecule has 20 heavy (non-hydrogen) atoms. The van der Waals surface area contributed by atoms with Gasteiger partial charge in [0, 0.05) is 19.2 Å². The molecule has 1 aromatic rings. The van der Waals surface area contributed by atoms with Crippen molar-refractivity contribution in [2.75, 3.05) is 18.6 Å². The van der Waals surface area contributed by atoms with Crippen molar-refractivity contribution >= 4 is 39.1 Å². The summed E-state index contributed by atoms with van der Waals surface area (Å²) in [6.45, 7) is -0.375. The molecule has 3 saturated heterocycles. The molecule has 2 atom stereocenters. The summed E-state index contributed by atoms with van der Waals surface area (Å²) in [4.78, 5) is 26.6. The molecule has 0 aromatic heterocycles. The van der Waals surface area contributed by atoms with Crippen LogP contribution in [0.2, 0.25) is 0 Å². The van der Waals surface area contributed by atoms with Crippen LogP contribution in [0.15, 0.2) is 24.3 Å². The predicted octanol–water partition coefficient (Wildman–Crippen LogP) is 0.828. The van der Waals surface area contributed by atoms with Crippen molar-refractivity contribution in [1.82, 2.24) is 4.90 Å². The molecule has 1 N–H and O–H groups in total. The van der Waals surface area contributed by atoms with Gasteiger partial charge in [0.15, 0.2) is 4.87 Å². The van der Waals surface area contributed by atoms with E-state index in [2.05, 4.69) is 0 Å². The minimum atomic E-state index is -1.19. The van der Waals surface area contributed by atoms with Crippen LogP contribution in [-0.2, 0) is 16.0 Å². The Labute approximate surface area is 123 Å². The van der Waals surface area contributed by atoms with E-state index in [9.17, 15) is 14.7 Å². The van der Waals surface area contributed by atoms with Crippen molar-refractivity contribution in [3.05, 3.63) is 29.8 Å². The van der Waals surface area contributed by atoms with Gasteiger partial charge in [0.2, 0.25) is 4.87 Å². The zero-order valence-electron chi connectivity index (χ0n) is 10.7. The number of para-hydroxylation sites is 1. The highest BCUT2D eigenvalue weighted by Gasteiger charge is 2.70. The van der Waals surface area contributed by atoms with Crippen LogP contribution in [0, 0.1) is 0 Å². The van der Waals surface area contributed by atoms with Crippen molar-refractivity contribution in [1.29, 1.82) is 0 Å². The van der Waals surface area contributed by atoms with E-state index in [1.165, 1.54) is 26.5 Å². The summed E-state index contributed by atoms with van der Waals surface area (Å²) < 4.78 is 0. The normalized spacial score (nSPS) is 34.5. The lowest BCUT2D eigenvalue weighted by atomic mass is 10.0. The van der Waals surface area contributed by atoms with Gasteiger partial charge >= 0.3 is 0 Å². The van der Waals surface area contributed by atoms with Gasteiger partial charge in [-0.3, -0.25) is 14.5 Å². The molecule has 1 aromatic carbocycles. The quantitative estimate of drug-likeness (QED) is 0.779. The molecule has 1 spiro atoms. The van der Waals surface area contributed by atoms with E-state index < -0.39 is 9.74 Å². The highest BCUT2D eigenvalue weighted by Crippen LogP contribution is 2.63. The summed E-state index contributed by atoms with van der Waals surface area (Å²) in [7, 11) is 4.30. The van der Waals surface area contributed by atoms with Gasteiger partial charge in [-0.15, -0.1) is 0 Å². The molecular weight excluding hydrogens is 296 g/mol. The number of aliphatic hydroxyl groups excluding tert-OH is 1. The average Bonchev–Trinajstić information content (AvgIpc) is 2.81. The maximum absolute atomic E-state index is 12.9. The minimum Gasteiger partial charge on any atom is -0.392 e. The van der Waals surface area contributed by atoms with Crippen LogP contribution in [-0.4, -0.2) is 45.2 Å². The second-order valence-corrected chi connectivity index (χ2v) is 7.89. The first kappa shape index (κ1) is 12.6. The summed E-state index contributed by atoms with van der Waals surface area (Å²) in [6, 6.07) is 7.60. The first-order chi connectivity index (χ1) is 9.57. The first-order valence-corrected chi connectivity index (χ1v) is 8.40. The molecule has 7 heteroatoms. The number of anilines is 1. The second-order valence-electron chi connectivity index (χ2n) is 5.20. The van der Waals surface area contributed by atoms with Crippen LogP contribution in [0.25, 0.3) is 0 Å². The third kappa shape index (κ3) is 1.14. The van der Waals surface area contributed by atoms with Crippen LogP contribution in [0.4, 0.5) is 5.69 Å². The van der Waals surface area contributed by atoms with Gasteiger partial charge in [0.1, 0.15) is 0 Å². The number of rotatable bonds is 1. The number of amides is 2. The average molecular weight is 308 g/mol. The Bertz CT molecular complexity index is 652. The molecule has 3 fully saturated rings. The molecule has 0 unspecified atom stereocenters. The van der Waals surface area contributed by atoms with Gasteiger partial charge in [-0.05, 0) is 22.4 Å². The maximum atomic E-state index is 12.9. The number of likely N-dealkylation sites (N-methyl/N-ethyl adjacent to an activating group) is 1. The fraction of sp³-hybridized carbons (Fsp3) is 0.385. The number of piperazine rings is 1. The highest BCUT2D eigenvalue weighted by atomic mass is 33.1. The minimum absolute atomic E-state index is 0.105. The van der Waals surface area contributed by atoms with Gasteiger partial charge < -0.3 is 10.0 Å². The molecule has 2 amide bonds. The Kier molecular flexibility index (Phi) is 2.33. The fourth-order valence-electron chi connectivity index (χ4n) is 3.13. The van der Waals surface area contributed by atoms with Gasteiger partial charge in [0.05, 0.1) is 6.61 Å². The SMILES string of the molecule is CN1C(=O)[C@@]23Cc4ccccc4N2C(=O)[C@]1(CO)SS3. The number of nitrogens with zero attached hydrogens (tertiary/aromatic N) is 2. The number of fused-ring (bicyclic) bond motifs is 3. The molecule has 5 rings (SSSR count). The van der Waals surface area contributed by atoms with Gasteiger partial charge in [0.25, 0.3) is 11.8 Å². The summed E-state index contributed by atoms with van der Waals surface area (Å²) in [5.41, 5.74) is 1.80. The van der Waals surface area contributed by atoms with Gasteiger partial charge in [-0.25, -0.2) is 0 Å². The van der Waals surface area contributed by atoms with E-state index in [-0.39, 0.29) is 18.4 Å². The largest absolute Gasteiger partial charge is 0.392 e. The maximum Gasteiger partial charge on any atom is 0.268 e. The van der Waals surface area contributed by atoms with Crippen LogP contribution in [0.5, 0.6) is 0 Å². The summed E-state index contributed by atoms with van der Waals surface area (Å²) >= 11 is 0. The Morgan fingerprint density at radius 3 is 2.75 bits per heavy atom. The number of hydrogen-bond acceptors (Lipinski definition) is 5. The molecular formula is C13H12N2O3S2. The van der Waals surface area contributed by atoms with Gasteiger partial charge in [-0.1, -0.05) is 29.0 Å². The Hall–Kier alpha value is -1.18. The predicted molar refractivity (Wildman–Crippen MR) is 78.1 cm³/mol. The van der Waals surface area contributed by atoms with Gasteiger partial charge in [-0.2, -0.15) is 0 Å². The highest BCUT2D eigenvalue weighted by molar-refractivity contribution is 8.78. The Morgan fingerprint density at radius 2 is 2.00 bits per heavy atom. The summed E-state index contributed by atoms with van der Waals surface area (Å²) in [5.74, 6) is -0.304. The number of aliphatic hydroxyl groups is 1. The zero-order valence-corrected chi connectivity index (χ0v) is 12.3. The zero-order chi connectivity index (χ0) is 14.1.